The van der Waals surface area contributed by atoms with Crippen molar-refractivity contribution in [1.82, 2.24) is 5.32 Å². The van der Waals surface area contributed by atoms with Gasteiger partial charge in [-0.1, -0.05) is 31.9 Å². The minimum Gasteiger partial charge on any atom is -0.306 e. The molecule has 3 unspecified atom stereocenters. The number of nitrogens with zero attached hydrogens (tertiary/aromatic N) is 2. The van der Waals surface area contributed by atoms with Gasteiger partial charge in [0.25, 0.3) is 5.69 Å². The van der Waals surface area contributed by atoms with Gasteiger partial charge < -0.3 is 5.32 Å². The van der Waals surface area contributed by atoms with Crippen molar-refractivity contribution in [1.29, 1.82) is 5.26 Å². The number of hydrogen-bond donors (Lipinski definition) is 1. The Bertz CT molecular complexity index is 539. The highest BCUT2D eigenvalue weighted by Gasteiger charge is 2.29. The molecule has 1 aliphatic rings. The standard InChI is InChI=1S/C16H21N3O2/c1-2-5-15(18-16-9-4-7-13(16)11-17)12-6-3-8-14(10-12)19(20)21/h3,6,8,10,13,15-16,18H,2,4-5,7,9H2,1H3. The lowest BCUT2D eigenvalue weighted by molar-refractivity contribution is -0.384. The summed E-state index contributed by atoms with van der Waals surface area (Å²) in [6.45, 7) is 2.10. The lowest BCUT2D eigenvalue weighted by Crippen LogP contribution is -2.35. The van der Waals surface area contributed by atoms with Gasteiger partial charge in [-0.05, 0) is 24.8 Å². The van der Waals surface area contributed by atoms with E-state index >= 15 is 0 Å². The van der Waals surface area contributed by atoms with Crippen LogP contribution in [0, 0.1) is 27.4 Å². The zero-order chi connectivity index (χ0) is 15.2. The molecule has 0 aromatic heterocycles. The van der Waals surface area contributed by atoms with Crippen LogP contribution in [0.1, 0.15) is 50.6 Å². The van der Waals surface area contributed by atoms with E-state index in [4.69, 9.17) is 0 Å². The van der Waals surface area contributed by atoms with Gasteiger partial charge in [-0.2, -0.15) is 5.26 Å². The van der Waals surface area contributed by atoms with E-state index in [2.05, 4.69) is 18.3 Å². The number of rotatable bonds is 6. The molecule has 2 rings (SSSR count). The number of nitro groups is 1. The van der Waals surface area contributed by atoms with Crippen LogP contribution < -0.4 is 5.32 Å². The molecule has 1 saturated carbocycles. The third-order valence-electron chi connectivity index (χ3n) is 4.16. The maximum absolute atomic E-state index is 10.9. The minimum absolute atomic E-state index is 0.0584. The largest absolute Gasteiger partial charge is 0.306 e. The Morgan fingerprint density at radius 2 is 2.33 bits per heavy atom. The lowest BCUT2D eigenvalue weighted by Gasteiger charge is -2.24. The van der Waals surface area contributed by atoms with Crippen LogP contribution in [0.4, 0.5) is 5.69 Å². The quantitative estimate of drug-likeness (QED) is 0.639. The van der Waals surface area contributed by atoms with Crippen LogP contribution in [0.5, 0.6) is 0 Å². The molecule has 1 aromatic rings. The fourth-order valence-corrected chi connectivity index (χ4v) is 3.06. The first-order valence-electron chi connectivity index (χ1n) is 7.55. The fraction of sp³-hybridized carbons (Fsp3) is 0.562. The van der Waals surface area contributed by atoms with E-state index in [1.165, 1.54) is 6.07 Å². The van der Waals surface area contributed by atoms with Crippen molar-refractivity contribution in [2.24, 2.45) is 5.92 Å². The molecule has 112 valence electrons. The molecule has 21 heavy (non-hydrogen) atoms. The zero-order valence-electron chi connectivity index (χ0n) is 12.3. The highest BCUT2D eigenvalue weighted by atomic mass is 16.6. The summed E-state index contributed by atoms with van der Waals surface area (Å²) in [6.07, 6.45) is 4.93. The van der Waals surface area contributed by atoms with E-state index in [0.29, 0.717) is 0 Å². The summed E-state index contributed by atoms with van der Waals surface area (Å²) in [5.74, 6) is 0.0584. The van der Waals surface area contributed by atoms with Gasteiger partial charge in [0.15, 0.2) is 0 Å². The van der Waals surface area contributed by atoms with Crippen molar-refractivity contribution in [3.05, 3.63) is 39.9 Å². The molecule has 1 aliphatic carbocycles. The first kappa shape index (κ1) is 15.5. The number of nitriles is 1. The molecule has 1 aromatic carbocycles. The second-order valence-electron chi connectivity index (χ2n) is 5.63. The van der Waals surface area contributed by atoms with E-state index in [-0.39, 0.29) is 28.6 Å². The van der Waals surface area contributed by atoms with Crippen LogP contribution in [0.15, 0.2) is 24.3 Å². The van der Waals surface area contributed by atoms with Crippen LogP contribution in [0.2, 0.25) is 0 Å². The second kappa shape index (κ2) is 7.19. The third-order valence-corrected chi connectivity index (χ3v) is 4.16. The summed E-state index contributed by atoms with van der Waals surface area (Å²) in [7, 11) is 0. The highest BCUT2D eigenvalue weighted by Crippen LogP contribution is 2.30. The Kier molecular flexibility index (Phi) is 5.29. The van der Waals surface area contributed by atoms with Crippen molar-refractivity contribution >= 4 is 5.69 Å². The second-order valence-corrected chi connectivity index (χ2v) is 5.63. The number of nitro benzene ring substituents is 1. The minimum atomic E-state index is -0.361. The Balaban J connectivity index is 2.17. The van der Waals surface area contributed by atoms with Crippen LogP contribution in [-0.2, 0) is 0 Å². The summed E-state index contributed by atoms with van der Waals surface area (Å²) in [5, 5.41) is 23.7. The molecule has 0 bridgehead atoms. The third kappa shape index (κ3) is 3.79. The van der Waals surface area contributed by atoms with Gasteiger partial charge in [-0.25, -0.2) is 0 Å². The Morgan fingerprint density at radius 3 is 3.00 bits per heavy atom. The summed E-state index contributed by atoms with van der Waals surface area (Å²) in [5.41, 5.74) is 1.06. The monoisotopic (exact) mass is 287 g/mol. The Morgan fingerprint density at radius 1 is 1.52 bits per heavy atom. The van der Waals surface area contributed by atoms with Gasteiger partial charge in [0.05, 0.1) is 16.9 Å². The van der Waals surface area contributed by atoms with Crippen molar-refractivity contribution < 1.29 is 4.92 Å². The number of benzene rings is 1. The number of hydrogen-bond acceptors (Lipinski definition) is 4. The van der Waals surface area contributed by atoms with E-state index < -0.39 is 0 Å². The van der Waals surface area contributed by atoms with Crippen LogP contribution in [-0.4, -0.2) is 11.0 Å². The van der Waals surface area contributed by atoms with Crippen molar-refractivity contribution in [3.8, 4) is 6.07 Å². The van der Waals surface area contributed by atoms with E-state index in [1.807, 2.05) is 6.07 Å². The average Bonchev–Trinajstić information content (AvgIpc) is 2.94. The molecular weight excluding hydrogens is 266 g/mol. The van der Waals surface area contributed by atoms with Gasteiger partial charge in [0, 0.05) is 24.2 Å². The van der Waals surface area contributed by atoms with Crippen molar-refractivity contribution in [3.63, 3.8) is 0 Å². The topological polar surface area (TPSA) is 79.0 Å². The zero-order valence-corrected chi connectivity index (χ0v) is 12.3. The predicted molar refractivity (Wildman–Crippen MR) is 80.6 cm³/mol. The Hall–Kier alpha value is -1.93. The molecule has 0 spiro atoms. The van der Waals surface area contributed by atoms with Crippen LogP contribution in [0.3, 0.4) is 0 Å². The highest BCUT2D eigenvalue weighted by molar-refractivity contribution is 5.36. The number of nitrogens with one attached hydrogen (secondary N) is 1. The predicted octanol–water partition coefficient (Wildman–Crippen LogP) is 3.72. The molecule has 0 amide bonds. The first-order chi connectivity index (χ1) is 10.2. The SMILES string of the molecule is CCCC(NC1CCCC1C#N)c1cccc([N+](=O)[O-])c1. The summed E-state index contributed by atoms with van der Waals surface area (Å²) >= 11 is 0. The van der Waals surface area contributed by atoms with Crippen LogP contribution >= 0.6 is 0 Å². The van der Waals surface area contributed by atoms with Gasteiger partial charge in [-0.15, -0.1) is 0 Å². The smallest absolute Gasteiger partial charge is 0.269 e. The van der Waals surface area contributed by atoms with E-state index in [1.54, 1.807) is 12.1 Å². The summed E-state index contributed by atoms with van der Waals surface area (Å²) < 4.78 is 0. The summed E-state index contributed by atoms with van der Waals surface area (Å²) in [6, 6.07) is 9.46. The molecule has 1 N–H and O–H groups in total. The van der Waals surface area contributed by atoms with Gasteiger partial charge in [-0.3, -0.25) is 10.1 Å². The maximum Gasteiger partial charge on any atom is 0.269 e. The molecule has 0 heterocycles. The molecular formula is C16H21N3O2. The fourth-order valence-electron chi connectivity index (χ4n) is 3.06. The molecule has 1 fully saturated rings. The van der Waals surface area contributed by atoms with Gasteiger partial charge >= 0.3 is 0 Å². The maximum atomic E-state index is 10.9. The first-order valence-corrected chi connectivity index (χ1v) is 7.55. The molecule has 3 atom stereocenters. The molecule has 5 nitrogen and oxygen atoms in total. The van der Waals surface area contributed by atoms with Crippen molar-refractivity contribution in [2.75, 3.05) is 0 Å². The molecule has 0 saturated heterocycles. The van der Waals surface area contributed by atoms with Gasteiger partial charge in [0.2, 0.25) is 0 Å². The summed E-state index contributed by atoms with van der Waals surface area (Å²) in [4.78, 5) is 10.6. The van der Waals surface area contributed by atoms with Gasteiger partial charge in [0.1, 0.15) is 0 Å². The molecule has 0 radical (unpaired) electrons. The number of non-ortho nitro benzene ring substituents is 1. The lowest BCUT2D eigenvalue weighted by atomic mass is 9.98. The average molecular weight is 287 g/mol. The van der Waals surface area contributed by atoms with Crippen molar-refractivity contribution in [2.45, 2.75) is 51.1 Å². The normalized spacial score (nSPS) is 22.7. The molecule has 5 heteroatoms. The van der Waals surface area contributed by atoms with E-state index in [9.17, 15) is 15.4 Å². The van der Waals surface area contributed by atoms with Crippen LogP contribution in [0.25, 0.3) is 0 Å². The van der Waals surface area contributed by atoms with E-state index in [0.717, 1.165) is 37.7 Å². The Labute approximate surface area is 125 Å². The molecule has 0 aliphatic heterocycles.